The minimum Gasteiger partial charge on any atom is -0.392 e. The number of hydrogen-bond acceptors (Lipinski definition) is 4. The fourth-order valence-electron chi connectivity index (χ4n) is 6.29. The van der Waals surface area contributed by atoms with Gasteiger partial charge < -0.3 is 20.1 Å². The minimum absolute atomic E-state index is 0.00190. The van der Waals surface area contributed by atoms with Crippen molar-refractivity contribution in [1.29, 1.82) is 0 Å². The van der Waals surface area contributed by atoms with Crippen LogP contribution in [0.25, 0.3) is 0 Å². The lowest BCUT2D eigenvalue weighted by Crippen LogP contribution is -2.58. The van der Waals surface area contributed by atoms with Crippen molar-refractivity contribution in [2.75, 3.05) is 26.8 Å². The normalized spacial score (nSPS) is 39.3. The molecular formula is C22H38N2O4. The standard InChI is InChI=1S/C22H38N2O4/c1-14(21(27)24-11-5-6-12-24)16-7-9-22(3)10-8-17(23-18(25)13-28-4)15(2)19(22)20(16)26/h14-17,19-20,26H,5-13H2,1-4H3,(H,23,25). The predicted octanol–water partition coefficient (Wildman–Crippen LogP) is 2.20. The number of rotatable bonds is 5. The van der Waals surface area contributed by atoms with Crippen molar-refractivity contribution < 1.29 is 19.4 Å². The van der Waals surface area contributed by atoms with Crippen LogP contribution >= 0.6 is 0 Å². The Kier molecular flexibility index (Phi) is 6.70. The van der Waals surface area contributed by atoms with Gasteiger partial charge in [0.2, 0.25) is 11.8 Å². The number of fused-ring (bicyclic) bond motifs is 1. The van der Waals surface area contributed by atoms with Crippen molar-refractivity contribution in [1.82, 2.24) is 10.2 Å². The van der Waals surface area contributed by atoms with Crippen LogP contribution in [0.5, 0.6) is 0 Å². The van der Waals surface area contributed by atoms with Crippen molar-refractivity contribution in [3.8, 4) is 0 Å². The van der Waals surface area contributed by atoms with E-state index in [9.17, 15) is 14.7 Å². The van der Waals surface area contributed by atoms with Crippen LogP contribution in [0, 0.1) is 29.1 Å². The lowest BCUT2D eigenvalue weighted by Gasteiger charge is -2.56. The highest BCUT2D eigenvalue weighted by atomic mass is 16.5. The third kappa shape index (κ3) is 4.09. The maximum absolute atomic E-state index is 12.9. The topological polar surface area (TPSA) is 78.9 Å². The molecule has 0 aromatic rings. The van der Waals surface area contributed by atoms with Crippen LogP contribution in [0.1, 0.15) is 59.3 Å². The van der Waals surface area contributed by atoms with Crippen LogP contribution in [-0.4, -0.2) is 60.8 Å². The highest BCUT2D eigenvalue weighted by molar-refractivity contribution is 5.79. The Balaban J connectivity index is 1.72. The van der Waals surface area contributed by atoms with E-state index in [2.05, 4.69) is 19.2 Å². The molecule has 1 saturated heterocycles. The lowest BCUT2D eigenvalue weighted by molar-refractivity contribution is -0.150. The Hall–Kier alpha value is -1.14. The maximum Gasteiger partial charge on any atom is 0.246 e. The first-order valence-electron chi connectivity index (χ1n) is 11.0. The molecule has 3 aliphatic rings. The highest BCUT2D eigenvalue weighted by Crippen LogP contribution is 2.55. The van der Waals surface area contributed by atoms with Crippen molar-refractivity contribution in [3.63, 3.8) is 0 Å². The number of carbonyl (C=O) groups excluding carboxylic acids is 2. The van der Waals surface area contributed by atoms with Crippen LogP contribution in [0.2, 0.25) is 0 Å². The van der Waals surface area contributed by atoms with E-state index in [1.807, 2.05) is 11.8 Å². The number of likely N-dealkylation sites (tertiary alicyclic amines) is 1. The van der Waals surface area contributed by atoms with Gasteiger partial charge in [0.1, 0.15) is 6.61 Å². The van der Waals surface area contributed by atoms with Gasteiger partial charge in [0, 0.05) is 32.2 Å². The van der Waals surface area contributed by atoms with Gasteiger partial charge in [0.25, 0.3) is 0 Å². The molecule has 2 amide bonds. The lowest BCUT2D eigenvalue weighted by atomic mass is 9.51. The number of carbonyl (C=O) groups is 2. The van der Waals surface area contributed by atoms with E-state index in [4.69, 9.17) is 4.74 Å². The molecule has 6 heteroatoms. The number of amides is 2. The first-order valence-corrected chi connectivity index (χ1v) is 11.0. The van der Waals surface area contributed by atoms with Crippen LogP contribution < -0.4 is 5.32 Å². The second kappa shape index (κ2) is 8.70. The van der Waals surface area contributed by atoms with E-state index in [0.717, 1.165) is 51.6 Å². The van der Waals surface area contributed by atoms with E-state index >= 15 is 0 Å². The molecule has 0 bridgehead atoms. The van der Waals surface area contributed by atoms with E-state index in [0.29, 0.717) is 0 Å². The molecule has 3 rings (SSSR count). The van der Waals surface area contributed by atoms with Crippen molar-refractivity contribution in [2.24, 2.45) is 29.1 Å². The zero-order valence-corrected chi connectivity index (χ0v) is 17.9. The van der Waals surface area contributed by atoms with E-state index in [1.54, 1.807) is 0 Å². The molecule has 0 aromatic carbocycles. The van der Waals surface area contributed by atoms with Crippen LogP contribution in [0.3, 0.4) is 0 Å². The number of nitrogens with one attached hydrogen (secondary N) is 1. The summed E-state index contributed by atoms with van der Waals surface area (Å²) in [5.41, 5.74) is 0.0776. The molecule has 2 aliphatic carbocycles. The number of hydrogen-bond donors (Lipinski definition) is 2. The van der Waals surface area contributed by atoms with Gasteiger partial charge in [-0.25, -0.2) is 0 Å². The number of ether oxygens (including phenoxy) is 1. The van der Waals surface area contributed by atoms with Gasteiger partial charge in [-0.05, 0) is 61.7 Å². The largest absolute Gasteiger partial charge is 0.392 e. The summed E-state index contributed by atoms with van der Waals surface area (Å²) in [6, 6.07) is 0.0544. The van der Waals surface area contributed by atoms with Gasteiger partial charge in [0.15, 0.2) is 0 Å². The smallest absolute Gasteiger partial charge is 0.246 e. The Labute approximate surface area is 169 Å². The molecule has 28 heavy (non-hydrogen) atoms. The minimum atomic E-state index is -0.502. The Morgan fingerprint density at radius 2 is 1.89 bits per heavy atom. The van der Waals surface area contributed by atoms with E-state index in [-0.39, 0.29) is 53.5 Å². The number of aliphatic hydroxyl groups is 1. The van der Waals surface area contributed by atoms with Gasteiger partial charge in [-0.1, -0.05) is 20.8 Å². The third-order valence-electron chi connectivity index (χ3n) is 7.96. The zero-order chi connectivity index (χ0) is 20.5. The highest BCUT2D eigenvalue weighted by Gasteiger charge is 2.54. The molecule has 7 atom stereocenters. The summed E-state index contributed by atoms with van der Waals surface area (Å²) < 4.78 is 4.95. The van der Waals surface area contributed by atoms with Gasteiger partial charge in [-0.2, -0.15) is 0 Å². The number of nitrogens with zero attached hydrogens (tertiary/aromatic N) is 1. The molecule has 2 saturated carbocycles. The number of methoxy groups -OCH3 is 1. The van der Waals surface area contributed by atoms with Crippen molar-refractivity contribution in [2.45, 2.75) is 71.4 Å². The maximum atomic E-state index is 12.9. The second-order valence-electron chi connectivity index (χ2n) is 9.70. The fourth-order valence-corrected chi connectivity index (χ4v) is 6.29. The predicted molar refractivity (Wildman–Crippen MR) is 108 cm³/mol. The van der Waals surface area contributed by atoms with Crippen LogP contribution in [0.15, 0.2) is 0 Å². The molecule has 7 unspecified atom stereocenters. The summed E-state index contributed by atoms with van der Waals surface area (Å²) in [6.45, 7) is 8.22. The summed E-state index contributed by atoms with van der Waals surface area (Å²) in [7, 11) is 1.52. The van der Waals surface area contributed by atoms with Gasteiger partial charge >= 0.3 is 0 Å². The second-order valence-corrected chi connectivity index (χ2v) is 9.70. The van der Waals surface area contributed by atoms with Gasteiger partial charge in [0.05, 0.1) is 6.10 Å². The molecule has 1 heterocycles. The monoisotopic (exact) mass is 394 g/mol. The molecule has 0 radical (unpaired) electrons. The van der Waals surface area contributed by atoms with Gasteiger partial charge in [-0.15, -0.1) is 0 Å². The third-order valence-corrected chi connectivity index (χ3v) is 7.96. The summed E-state index contributed by atoms with van der Waals surface area (Å²) in [4.78, 5) is 27.0. The Morgan fingerprint density at radius 3 is 2.54 bits per heavy atom. The quantitative estimate of drug-likeness (QED) is 0.749. The van der Waals surface area contributed by atoms with Crippen LogP contribution in [0.4, 0.5) is 0 Å². The molecular weight excluding hydrogens is 356 g/mol. The van der Waals surface area contributed by atoms with Crippen molar-refractivity contribution >= 4 is 11.8 Å². The number of aliphatic hydroxyl groups excluding tert-OH is 1. The summed E-state index contributed by atoms with van der Waals surface area (Å²) in [5.74, 6) is 0.240. The van der Waals surface area contributed by atoms with E-state index in [1.165, 1.54) is 7.11 Å². The summed E-state index contributed by atoms with van der Waals surface area (Å²) >= 11 is 0. The van der Waals surface area contributed by atoms with Gasteiger partial charge in [-0.3, -0.25) is 9.59 Å². The van der Waals surface area contributed by atoms with E-state index < -0.39 is 6.10 Å². The average Bonchev–Trinajstić information content (AvgIpc) is 3.18. The summed E-state index contributed by atoms with van der Waals surface area (Å²) in [6.07, 6.45) is 5.56. The zero-order valence-electron chi connectivity index (χ0n) is 17.9. The molecule has 6 nitrogen and oxygen atoms in total. The molecule has 3 fully saturated rings. The molecule has 1 aliphatic heterocycles. The molecule has 0 aromatic heterocycles. The molecule has 0 spiro atoms. The SMILES string of the molecule is COCC(=O)NC1CCC2(C)CCC(C(C)C(=O)N3CCCC3)C(O)C2C1C. The van der Waals surface area contributed by atoms with Crippen molar-refractivity contribution in [3.05, 3.63) is 0 Å². The summed E-state index contributed by atoms with van der Waals surface area (Å²) in [5, 5.41) is 14.5. The van der Waals surface area contributed by atoms with Crippen LogP contribution in [-0.2, 0) is 14.3 Å². The average molecular weight is 395 g/mol. The Morgan fingerprint density at radius 1 is 1.25 bits per heavy atom. The first kappa shape index (κ1) is 21.6. The molecule has 160 valence electrons. The fraction of sp³-hybridized carbons (Fsp3) is 0.909. The Bertz CT molecular complexity index is 577. The first-order chi connectivity index (χ1) is 13.3. The molecule has 2 N–H and O–H groups in total.